The Hall–Kier alpha value is -1.92. The number of carbonyl (C=O) groups is 1. The number of benzene rings is 1. The monoisotopic (exact) mass is 524 g/mol. The molecule has 6 nitrogen and oxygen atoms in total. The minimum Gasteiger partial charge on any atom is -0.497 e. The topological polar surface area (TPSA) is 91.2 Å². The number of amides is 1. The Morgan fingerprint density at radius 2 is 1.79 bits per heavy atom. The van der Waals surface area contributed by atoms with Crippen LogP contribution in [-0.2, 0) is 4.79 Å². The molecule has 3 N–H and O–H groups in total. The summed E-state index contributed by atoms with van der Waals surface area (Å²) in [6.45, 7) is 7.29. The van der Waals surface area contributed by atoms with E-state index in [0.717, 1.165) is 43.4 Å². The summed E-state index contributed by atoms with van der Waals surface area (Å²) >= 11 is 0. The van der Waals surface area contributed by atoms with E-state index in [1.54, 1.807) is 13.3 Å². The second kappa shape index (κ2) is 10.9. The van der Waals surface area contributed by atoms with Crippen LogP contribution in [-0.4, -0.2) is 41.7 Å². The second-order valence-electron chi connectivity index (χ2n) is 13.5. The molecule has 4 fully saturated rings. The highest BCUT2D eigenvalue weighted by atomic mass is 16.5. The zero-order valence-electron chi connectivity index (χ0n) is 23.7. The summed E-state index contributed by atoms with van der Waals surface area (Å²) in [5.41, 5.74) is 4.11. The predicted octanol–water partition coefficient (Wildman–Crippen LogP) is 5.55. The molecule has 5 rings (SSSR count). The van der Waals surface area contributed by atoms with Crippen LogP contribution in [0.1, 0.15) is 90.5 Å². The van der Waals surface area contributed by atoms with E-state index < -0.39 is 0 Å². The molecule has 10 atom stereocenters. The summed E-state index contributed by atoms with van der Waals surface area (Å²) in [4.78, 5) is 12.5. The number of ether oxygens (including phenoxy) is 1. The van der Waals surface area contributed by atoms with E-state index in [2.05, 4.69) is 31.3 Å². The summed E-state index contributed by atoms with van der Waals surface area (Å²) in [6.07, 6.45) is 11.2. The molecule has 0 saturated heterocycles. The summed E-state index contributed by atoms with van der Waals surface area (Å²) in [5.74, 6) is 3.79. The van der Waals surface area contributed by atoms with Gasteiger partial charge in [-0.05, 0) is 134 Å². The Labute approximate surface area is 228 Å². The standard InChI is InChI=1S/C32H48N2O4/c1-20(5-12-29(37)34-33-19-21-6-8-24(38-4)9-7-21)25-10-11-26-30-27(14-16-32(25,26)3)31(2)15-13-23(35)17-22(31)18-28(30)36/h6-9,19-20,22-23,25-28,30,35-36H,5,10-18H2,1-4H3,(H,34,37)/b33-19-/t20-,22-,23+,25+,26-,27-,28-,30-,31+,32+/m1/s1. The van der Waals surface area contributed by atoms with E-state index in [1.807, 2.05) is 24.3 Å². The number of hydrogen-bond acceptors (Lipinski definition) is 5. The minimum atomic E-state index is -0.239. The molecule has 4 saturated carbocycles. The van der Waals surface area contributed by atoms with Gasteiger partial charge in [0.2, 0.25) is 5.91 Å². The van der Waals surface area contributed by atoms with Gasteiger partial charge < -0.3 is 14.9 Å². The van der Waals surface area contributed by atoms with Crippen molar-refractivity contribution in [2.75, 3.05) is 7.11 Å². The number of aliphatic hydroxyl groups is 2. The third-order valence-corrected chi connectivity index (χ3v) is 11.8. The smallest absolute Gasteiger partial charge is 0.240 e. The molecular formula is C32H48N2O4. The van der Waals surface area contributed by atoms with Crippen LogP contribution in [0.15, 0.2) is 29.4 Å². The van der Waals surface area contributed by atoms with Gasteiger partial charge in [-0.3, -0.25) is 4.79 Å². The molecule has 6 heteroatoms. The zero-order valence-corrected chi connectivity index (χ0v) is 23.7. The Morgan fingerprint density at radius 1 is 1.08 bits per heavy atom. The van der Waals surface area contributed by atoms with Gasteiger partial charge >= 0.3 is 0 Å². The van der Waals surface area contributed by atoms with Crippen LogP contribution >= 0.6 is 0 Å². The number of fused-ring (bicyclic) bond motifs is 5. The normalized spacial score (nSPS) is 41.2. The van der Waals surface area contributed by atoms with Crippen LogP contribution in [0, 0.1) is 46.3 Å². The molecule has 0 bridgehead atoms. The van der Waals surface area contributed by atoms with Gasteiger partial charge in [0.25, 0.3) is 0 Å². The second-order valence-corrected chi connectivity index (χ2v) is 13.5. The van der Waals surface area contributed by atoms with Crippen molar-refractivity contribution in [3.8, 4) is 5.75 Å². The molecule has 0 aliphatic heterocycles. The van der Waals surface area contributed by atoms with Crippen molar-refractivity contribution in [1.29, 1.82) is 0 Å². The van der Waals surface area contributed by atoms with Crippen molar-refractivity contribution in [2.24, 2.45) is 51.4 Å². The van der Waals surface area contributed by atoms with Crippen LogP contribution in [0.5, 0.6) is 5.75 Å². The van der Waals surface area contributed by atoms with Crippen LogP contribution in [0.25, 0.3) is 0 Å². The highest BCUT2D eigenvalue weighted by Crippen LogP contribution is 2.68. The van der Waals surface area contributed by atoms with Gasteiger partial charge in [0.15, 0.2) is 0 Å². The van der Waals surface area contributed by atoms with Crippen molar-refractivity contribution in [2.45, 2.75) is 97.2 Å². The minimum absolute atomic E-state index is 0.0359. The predicted molar refractivity (Wildman–Crippen MR) is 150 cm³/mol. The Bertz CT molecular complexity index is 1010. The van der Waals surface area contributed by atoms with Crippen LogP contribution < -0.4 is 10.2 Å². The molecule has 4 aliphatic carbocycles. The van der Waals surface area contributed by atoms with Crippen molar-refractivity contribution < 1.29 is 19.7 Å². The number of hydrogen-bond donors (Lipinski definition) is 3. The maximum absolute atomic E-state index is 12.5. The first-order valence-corrected chi connectivity index (χ1v) is 15.0. The maximum Gasteiger partial charge on any atom is 0.240 e. The molecule has 1 amide bonds. The number of carbonyl (C=O) groups excluding carboxylic acids is 1. The van der Waals surface area contributed by atoms with Gasteiger partial charge in [0.05, 0.1) is 25.5 Å². The van der Waals surface area contributed by atoms with E-state index in [0.29, 0.717) is 41.9 Å². The number of aliphatic hydroxyl groups excluding tert-OH is 2. The number of rotatable bonds is 7. The van der Waals surface area contributed by atoms with E-state index in [4.69, 9.17) is 4.74 Å². The largest absolute Gasteiger partial charge is 0.497 e. The average Bonchev–Trinajstić information content (AvgIpc) is 3.26. The van der Waals surface area contributed by atoms with Crippen molar-refractivity contribution in [1.82, 2.24) is 5.43 Å². The first kappa shape index (κ1) is 27.6. The summed E-state index contributed by atoms with van der Waals surface area (Å²) in [5, 5.41) is 25.9. The first-order chi connectivity index (χ1) is 18.2. The molecule has 0 heterocycles. The van der Waals surface area contributed by atoms with Gasteiger partial charge in [0, 0.05) is 6.42 Å². The molecule has 0 unspecified atom stereocenters. The Balaban J connectivity index is 1.17. The molecular weight excluding hydrogens is 476 g/mol. The van der Waals surface area contributed by atoms with Crippen LogP contribution in [0.2, 0.25) is 0 Å². The molecule has 1 aromatic carbocycles. The fourth-order valence-electron chi connectivity index (χ4n) is 9.66. The van der Waals surface area contributed by atoms with Gasteiger partial charge in [0.1, 0.15) is 5.75 Å². The zero-order chi connectivity index (χ0) is 27.1. The SMILES string of the molecule is COc1ccc(/C=N\NC(=O)CC[C@@H](C)[C@@H]2CC[C@@H]3[C@H]4[C@H](O)C[C@H]5C[C@@H](O)CC[C@]5(C)[C@@H]4CC[C@]32C)cc1. The van der Waals surface area contributed by atoms with Gasteiger partial charge in [-0.2, -0.15) is 5.10 Å². The molecule has 1 aromatic rings. The molecule has 210 valence electrons. The number of nitrogens with zero attached hydrogens (tertiary/aromatic N) is 1. The highest BCUT2D eigenvalue weighted by molar-refractivity contribution is 5.82. The molecule has 38 heavy (non-hydrogen) atoms. The quantitative estimate of drug-likeness (QED) is 0.322. The number of hydrazone groups is 1. The van der Waals surface area contributed by atoms with Crippen molar-refractivity contribution in [3.63, 3.8) is 0 Å². The van der Waals surface area contributed by atoms with Crippen LogP contribution in [0.4, 0.5) is 0 Å². The average molecular weight is 525 g/mol. The summed E-state index contributed by atoms with van der Waals surface area (Å²) < 4.78 is 5.17. The first-order valence-electron chi connectivity index (χ1n) is 15.0. The fraction of sp³-hybridized carbons (Fsp3) is 0.750. The molecule has 0 aromatic heterocycles. The van der Waals surface area contributed by atoms with Gasteiger partial charge in [-0.15, -0.1) is 0 Å². The summed E-state index contributed by atoms with van der Waals surface area (Å²) in [7, 11) is 1.64. The maximum atomic E-state index is 12.5. The summed E-state index contributed by atoms with van der Waals surface area (Å²) in [6, 6.07) is 7.56. The van der Waals surface area contributed by atoms with E-state index in [1.165, 1.54) is 25.7 Å². The lowest BCUT2D eigenvalue weighted by atomic mass is 9.43. The third kappa shape index (κ3) is 5.03. The number of nitrogens with one attached hydrogen (secondary N) is 1. The Morgan fingerprint density at radius 3 is 2.53 bits per heavy atom. The molecule has 4 aliphatic rings. The molecule has 0 radical (unpaired) electrons. The van der Waals surface area contributed by atoms with Gasteiger partial charge in [-0.1, -0.05) is 20.8 Å². The van der Waals surface area contributed by atoms with Crippen molar-refractivity contribution >= 4 is 12.1 Å². The Kier molecular flexibility index (Phi) is 7.94. The number of methoxy groups -OCH3 is 1. The lowest BCUT2D eigenvalue weighted by molar-refractivity contribution is -0.174. The lowest BCUT2D eigenvalue weighted by Gasteiger charge is -2.62. The lowest BCUT2D eigenvalue weighted by Crippen LogP contribution is -2.58. The van der Waals surface area contributed by atoms with E-state index in [-0.39, 0.29) is 28.9 Å². The van der Waals surface area contributed by atoms with Crippen LogP contribution in [0.3, 0.4) is 0 Å². The molecule has 0 spiro atoms. The highest BCUT2D eigenvalue weighted by Gasteiger charge is 2.62. The van der Waals surface area contributed by atoms with Gasteiger partial charge in [-0.25, -0.2) is 5.43 Å². The fourth-order valence-corrected chi connectivity index (χ4v) is 9.66. The van der Waals surface area contributed by atoms with E-state index >= 15 is 0 Å². The van der Waals surface area contributed by atoms with E-state index in [9.17, 15) is 15.0 Å². The van der Waals surface area contributed by atoms with Crippen molar-refractivity contribution in [3.05, 3.63) is 29.8 Å². The third-order valence-electron chi connectivity index (χ3n) is 11.8.